The molecule has 10 heteroatoms. The Balaban J connectivity index is 0.00000372. The van der Waals surface area contributed by atoms with Crippen LogP contribution in [0.2, 0.25) is 0 Å². The van der Waals surface area contributed by atoms with Crippen LogP contribution in [0.15, 0.2) is 101 Å². The molecule has 0 unspecified atom stereocenters. The van der Waals surface area contributed by atoms with E-state index in [0.29, 0.717) is 0 Å². The Bertz CT molecular complexity index is 2300. The van der Waals surface area contributed by atoms with Gasteiger partial charge in [0.1, 0.15) is 22.4 Å². The summed E-state index contributed by atoms with van der Waals surface area (Å²) in [6, 6.07) is 20.0. The predicted molar refractivity (Wildman–Crippen MR) is 226 cm³/mol. The summed E-state index contributed by atoms with van der Waals surface area (Å²) in [5, 5.41) is 10.1. The first-order valence-corrected chi connectivity index (χ1v) is 21.7. The maximum absolute atomic E-state index is 12.4. The predicted octanol–water partition coefficient (Wildman–Crippen LogP) is 4.96. The van der Waals surface area contributed by atoms with Gasteiger partial charge in [0.15, 0.2) is 5.71 Å². The van der Waals surface area contributed by atoms with Crippen LogP contribution in [-0.4, -0.2) is 47.4 Å². The molecule has 3 aromatic rings. The van der Waals surface area contributed by atoms with Crippen LogP contribution < -0.4 is 64.0 Å². The minimum atomic E-state index is -4.62. The monoisotopic (exact) mass is 819 g/mol. The molecule has 0 atom stereocenters. The van der Waals surface area contributed by atoms with Crippen LogP contribution in [0.4, 0.5) is 11.4 Å². The van der Waals surface area contributed by atoms with Gasteiger partial charge in [-0.25, -0.2) is 17.8 Å². The van der Waals surface area contributed by atoms with Crippen LogP contribution in [0, 0.1) is 13.0 Å². The minimum Gasteiger partial charge on any atom is -0.744 e. The fraction of sp³-hybridized carbons (Fsp3) is 0.417. The van der Waals surface area contributed by atoms with E-state index in [1.807, 2.05) is 13.0 Å². The number of carboxylic acid groups (broad SMARTS) is 1. The second-order valence-electron chi connectivity index (χ2n) is 16.7. The third kappa shape index (κ3) is 9.98. The number of aromatic carboxylic acids is 1. The van der Waals surface area contributed by atoms with Crippen molar-refractivity contribution in [3.63, 3.8) is 0 Å². The van der Waals surface area contributed by atoms with Gasteiger partial charge in [-0.2, -0.15) is 18.2 Å². The summed E-state index contributed by atoms with van der Waals surface area (Å²) < 4.78 is 38.8. The van der Waals surface area contributed by atoms with Crippen molar-refractivity contribution in [2.75, 3.05) is 18.0 Å². The Kier molecular flexibility index (Phi) is 16.5. The number of anilines is 1. The Morgan fingerprint density at radius 2 is 1.64 bits per heavy atom. The maximum atomic E-state index is 12.4. The summed E-state index contributed by atoms with van der Waals surface area (Å²) in [4.78, 5) is 14.4. The van der Waals surface area contributed by atoms with E-state index in [0.717, 1.165) is 110 Å². The van der Waals surface area contributed by atoms with Gasteiger partial charge in [-0.3, -0.25) is 0 Å². The van der Waals surface area contributed by atoms with Gasteiger partial charge in [0, 0.05) is 41.3 Å². The molecule has 2 heterocycles. The number of nitrogens with zero attached hydrogens (tertiary/aromatic N) is 2. The van der Waals surface area contributed by atoms with Crippen molar-refractivity contribution in [2.45, 2.75) is 122 Å². The number of carbonyl (C=O) groups is 1. The third-order valence-electron chi connectivity index (χ3n) is 11.9. The second-order valence-corrected chi connectivity index (χ2v) is 18.0. The molecule has 7 nitrogen and oxygen atoms in total. The number of rotatable bonds is 14. The molecule has 3 aromatic carbocycles. The quantitative estimate of drug-likeness (QED) is 0.0812. The average molecular weight is 820 g/mol. The van der Waals surface area contributed by atoms with Gasteiger partial charge in [0.2, 0.25) is 0 Å². The van der Waals surface area contributed by atoms with Crippen LogP contribution in [0.1, 0.15) is 132 Å². The van der Waals surface area contributed by atoms with Gasteiger partial charge in [-0.15, -0.1) is 6.07 Å². The average Bonchev–Trinajstić information content (AvgIpc) is 3.50. The summed E-state index contributed by atoms with van der Waals surface area (Å²) in [5.74, 6) is -0.954. The first-order chi connectivity index (χ1) is 26.6. The molecule has 0 bridgehead atoms. The van der Waals surface area contributed by atoms with Gasteiger partial charge in [0.25, 0.3) is 0 Å². The second kappa shape index (κ2) is 19.9. The molecule has 0 fully saturated rings. The van der Waals surface area contributed by atoms with Gasteiger partial charge in [-0.1, -0.05) is 84.6 Å². The molecule has 0 aromatic heterocycles. The molecule has 0 radical (unpaired) electrons. The standard InChI is InChI=1S/C48H58N2O5S.2Na/c1-8-10-14-27-49-41-20-13-12-19-39(41)47(4,5)43(49)25-21-34-17-16-18-35(45(34)36-29-33(3)30-37(31-36)46(51)52)22-26-44-48(6,7)40-32-38(56(53,54)55)23-24-42(40)50(44)28-15-11-9-2;;/h13,19-26,29-32H,8-11,14-18,27-28H2,1-7H3,(H,51,52)(H,53,54,55);;/q;2*+1/p-1. The zero-order chi connectivity index (χ0) is 40.4. The fourth-order valence-corrected chi connectivity index (χ4v) is 9.43. The number of hydrogen-bond donors (Lipinski definition) is 1. The molecule has 0 amide bonds. The molecular weight excluding hydrogens is 763 g/mol. The molecule has 0 saturated heterocycles. The van der Waals surface area contributed by atoms with Crippen molar-refractivity contribution in [2.24, 2.45) is 0 Å². The summed E-state index contributed by atoms with van der Waals surface area (Å²) in [6.07, 6.45) is 18.1. The Labute approximate surface area is 391 Å². The zero-order valence-corrected chi connectivity index (χ0v) is 41.0. The molecular formula is C48H57N2Na2O5S+. The first-order valence-electron chi connectivity index (χ1n) is 20.3. The van der Waals surface area contributed by atoms with Gasteiger partial charge >= 0.3 is 65.1 Å². The minimum absolute atomic E-state index is 0. The van der Waals surface area contributed by atoms with E-state index in [4.69, 9.17) is 0 Å². The molecule has 2 aliphatic heterocycles. The molecule has 1 aliphatic carbocycles. The molecule has 58 heavy (non-hydrogen) atoms. The van der Waals surface area contributed by atoms with Crippen LogP contribution in [0.25, 0.3) is 5.57 Å². The Morgan fingerprint density at radius 1 is 0.914 bits per heavy atom. The van der Waals surface area contributed by atoms with Crippen molar-refractivity contribution in [1.29, 1.82) is 0 Å². The van der Waals surface area contributed by atoms with Crippen LogP contribution in [0.5, 0.6) is 0 Å². The zero-order valence-electron chi connectivity index (χ0n) is 36.2. The van der Waals surface area contributed by atoms with Crippen molar-refractivity contribution < 1.29 is 86.6 Å². The summed E-state index contributed by atoms with van der Waals surface area (Å²) in [6.45, 7) is 16.8. The van der Waals surface area contributed by atoms with Gasteiger partial charge in [0.05, 0.1) is 10.5 Å². The van der Waals surface area contributed by atoms with Crippen molar-refractivity contribution in [3.8, 4) is 0 Å². The summed E-state index contributed by atoms with van der Waals surface area (Å²) >= 11 is 0. The number of unbranched alkanes of at least 4 members (excludes halogenated alkanes) is 4. The summed E-state index contributed by atoms with van der Waals surface area (Å²) in [5.41, 5.74) is 11.1. The number of fused-ring (bicyclic) bond motifs is 2. The van der Waals surface area contributed by atoms with Crippen molar-refractivity contribution in [1.82, 2.24) is 0 Å². The topological polar surface area (TPSA) is 101 Å². The number of allylic oxidation sites excluding steroid dienone is 8. The first kappa shape index (κ1) is 48.1. The van der Waals surface area contributed by atoms with Crippen LogP contribution in [-0.2, 0) is 20.9 Å². The SMILES string of the molecule is CCCCCN1/C(=C/C=C2\CCCC(/C=C/C3=[N+](CCCCC)c4cc[c-]cc4C3(C)C)=C2c2cc(C)cc(C(=O)O)c2)C(C)(C)c2cc(S(=O)(=O)[O-])ccc21.[Na+].[Na+]. The molecule has 6 rings (SSSR count). The van der Waals surface area contributed by atoms with E-state index < -0.39 is 21.5 Å². The van der Waals surface area contributed by atoms with Crippen LogP contribution in [0.3, 0.4) is 0 Å². The third-order valence-corrected chi connectivity index (χ3v) is 12.7. The largest absolute Gasteiger partial charge is 1.00 e. The Hall–Kier alpha value is -2.53. The normalized spacial score (nSPS) is 18.4. The molecule has 0 spiro atoms. The summed E-state index contributed by atoms with van der Waals surface area (Å²) in [7, 11) is -4.62. The van der Waals surface area contributed by atoms with Crippen molar-refractivity contribution >= 4 is 38.7 Å². The van der Waals surface area contributed by atoms with E-state index in [1.54, 1.807) is 24.3 Å². The number of benzene rings is 3. The van der Waals surface area contributed by atoms with E-state index in [1.165, 1.54) is 28.6 Å². The van der Waals surface area contributed by atoms with E-state index in [2.05, 4.69) is 99.6 Å². The van der Waals surface area contributed by atoms with Crippen LogP contribution >= 0.6 is 0 Å². The Morgan fingerprint density at radius 3 is 2.33 bits per heavy atom. The van der Waals surface area contributed by atoms with E-state index in [9.17, 15) is 22.9 Å². The fourth-order valence-electron chi connectivity index (χ4n) is 8.93. The van der Waals surface area contributed by atoms with Gasteiger partial charge in [-0.05, 0) is 109 Å². The number of hydrogen-bond acceptors (Lipinski definition) is 5. The number of carboxylic acids is 1. The number of aryl methyl sites for hydroxylation is 1. The molecule has 1 N–H and O–H groups in total. The van der Waals surface area contributed by atoms with E-state index in [-0.39, 0.29) is 75.0 Å². The maximum Gasteiger partial charge on any atom is 1.00 e. The molecule has 3 aliphatic rings. The van der Waals surface area contributed by atoms with E-state index >= 15 is 0 Å². The van der Waals surface area contributed by atoms with Gasteiger partial charge < -0.3 is 14.6 Å². The van der Waals surface area contributed by atoms with Crippen molar-refractivity contribution in [3.05, 3.63) is 130 Å². The smallest absolute Gasteiger partial charge is 0.744 e. The molecule has 0 saturated carbocycles. The molecule has 296 valence electrons.